The first-order valence-corrected chi connectivity index (χ1v) is 8.28. The van der Waals surface area contributed by atoms with Crippen molar-refractivity contribution < 1.29 is 4.39 Å². The molecule has 3 heteroatoms. The molecule has 0 amide bonds. The van der Waals surface area contributed by atoms with Crippen LogP contribution in [0.15, 0.2) is 18.2 Å². The second kappa shape index (κ2) is 5.60. The molecule has 0 radical (unpaired) electrons. The van der Waals surface area contributed by atoms with Crippen LogP contribution >= 0.6 is 0 Å². The van der Waals surface area contributed by atoms with Crippen molar-refractivity contribution >= 4 is 5.69 Å². The van der Waals surface area contributed by atoms with E-state index in [-0.39, 0.29) is 5.82 Å². The summed E-state index contributed by atoms with van der Waals surface area (Å²) in [5.74, 6) is 0.546. The van der Waals surface area contributed by atoms with Gasteiger partial charge < -0.3 is 10.2 Å². The Balaban J connectivity index is 1.75. The zero-order valence-electron chi connectivity index (χ0n) is 13.5. The van der Waals surface area contributed by atoms with E-state index in [1.54, 1.807) is 12.1 Å². The molecular weight excluding hydrogens is 263 g/mol. The average molecular weight is 290 g/mol. The Labute approximate surface area is 127 Å². The van der Waals surface area contributed by atoms with Crippen molar-refractivity contribution in [2.24, 2.45) is 11.3 Å². The highest BCUT2D eigenvalue weighted by Gasteiger charge is 2.42. The van der Waals surface area contributed by atoms with Crippen molar-refractivity contribution in [1.29, 1.82) is 0 Å². The van der Waals surface area contributed by atoms with Gasteiger partial charge in [0.25, 0.3) is 0 Å². The van der Waals surface area contributed by atoms with Gasteiger partial charge in [-0.25, -0.2) is 4.39 Å². The highest BCUT2D eigenvalue weighted by Crippen LogP contribution is 2.42. The first-order valence-electron chi connectivity index (χ1n) is 8.28. The number of anilines is 1. The summed E-state index contributed by atoms with van der Waals surface area (Å²) in [7, 11) is 0. The minimum atomic E-state index is -0.115. The molecule has 1 aliphatic heterocycles. The molecule has 116 valence electrons. The monoisotopic (exact) mass is 290 g/mol. The van der Waals surface area contributed by atoms with E-state index in [4.69, 9.17) is 0 Å². The zero-order chi connectivity index (χ0) is 15.0. The second-order valence-corrected chi connectivity index (χ2v) is 7.29. The maximum Gasteiger partial charge on any atom is 0.125 e. The maximum absolute atomic E-state index is 13.5. The number of rotatable bonds is 4. The quantitative estimate of drug-likeness (QED) is 0.911. The number of hydrogen-bond acceptors (Lipinski definition) is 2. The van der Waals surface area contributed by atoms with Crippen molar-refractivity contribution in [3.05, 3.63) is 29.6 Å². The molecule has 1 saturated carbocycles. The van der Waals surface area contributed by atoms with Crippen molar-refractivity contribution in [3.63, 3.8) is 0 Å². The van der Waals surface area contributed by atoms with E-state index >= 15 is 0 Å². The SMILES string of the molecule is CCNC1C(CN2CCc3ccc(F)cc32)CCC1(C)C. The van der Waals surface area contributed by atoms with Gasteiger partial charge in [0.15, 0.2) is 0 Å². The zero-order valence-corrected chi connectivity index (χ0v) is 13.5. The Morgan fingerprint density at radius 2 is 2.19 bits per heavy atom. The highest BCUT2D eigenvalue weighted by molar-refractivity contribution is 5.58. The number of nitrogens with one attached hydrogen (secondary N) is 1. The van der Waals surface area contributed by atoms with Crippen LogP contribution in [0.3, 0.4) is 0 Å². The molecule has 2 unspecified atom stereocenters. The molecule has 0 bridgehead atoms. The summed E-state index contributed by atoms with van der Waals surface area (Å²) < 4.78 is 13.5. The predicted octanol–water partition coefficient (Wildman–Crippen LogP) is 3.60. The fourth-order valence-electron chi connectivity index (χ4n) is 4.27. The van der Waals surface area contributed by atoms with Gasteiger partial charge in [-0.3, -0.25) is 0 Å². The second-order valence-electron chi connectivity index (χ2n) is 7.29. The van der Waals surface area contributed by atoms with Crippen molar-refractivity contribution in [2.45, 2.75) is 46.1 Å². The summed E-state index contributed by atoms with van der Waals surface area (Å²) in [6.45, 7) is 10.0. The van der Waals surface area contributed by atoms with Gasteiger partial charge in [0, 0.05) is 24.8 Å². The van der Waals surface area contributed by atoms with E-state index < -0.39 is 0 Å². The Bertz CT molecular complexity index is 512. The summed E-state index contributed by atoms with van der Waals surface area (Å²) in [5, 5.41) is 3.69. The van der Waals surface area contributed by atoms with Crippen LogP contribution in [0.5, 0.6) is 0 Å². The molecule has 1 heterocycles. The fourth-order valence-corrected chi connectivity index (χ4v) is 4.27. The fraction of sp³-hybridized carbons (Fsp3) is 0.667. The number of nitrogens with zero attached hydrogens (tertiary/aromatic N) is 1. The van der Waals surface area contributed by atoms with Crippen LogP contribution in [0.1, 0.15) is 39.2 Å². The van der Waals surface area contributed by atoms with E-state index in [1.165, 1.54) is 18.4 Å². The molecule has 2 aliphatic rings. The molecule has 1 fully saturated rings. The van der Waals surface area contributed by atoms with E-state index in [2.05, 4.69) is 31.0 Å². The minimum absolute atomic E-state index is 0.115. The number of fused-ring (bicyclic) bond motifs is 1. The molecule has 0 spiro atoms. The third-order valence-electron chi connectivity index (χ3n) is 5.39. The average Bonchev–Trinajstić information content (AvgIpc) is 2.95. The molecule has 21 heavy (non-hydrogen) atoms. The van der Waals surface area contributed by atoms with Crippen LogP contribution in [0.4, 0.5) is 10.1 Å². The summed E-state index contributed by atoms with van der Waals surface area (Å²) in [6, 6.07) is 5.82. The van der Waals surface area contributed by atoms with Gasteiger partial charge in [0.05, 0.1) is 0 Å². The normalized spacial score (nSPS) is 27.1. The maximum atomic E-state index is 13.5. The molecular formula is C18H27FN2. The molecule has 2 nitrogen and oxygen atoms in total. The van der Waals surface area contributed by atoms with Crippen LogP contribution in [0, 0.1) is 17.2 Å². The molecule has 0 aromatic heterocycles. The van der Waals surface area contributed by atoms with Crippen LogP contribution in [-0.4, -0.2) is 25.7 Å². The largest absolute Gasteiger partial charge is 0.371 e. The molecule has 2 atom stereocenters. The summed E-state index contributed by atoms with van der Waals surface area (Å²) in [6.07, 6.45) is 3.60. The van der Waals surface area contributed by atoms with Crippen molar-refractivity contribution in [2.75, 3.05) is 24.5 Å². The molecule has 1 aliphatic carbocycles. The first kappa shape index (κ1) is 14.8. The van der Waals surface area contributed by atoms with Crippen LogP contribution in [0.25, 0.3) is 0 Å². The summed E-state index contributed by atoms with van der Waals surface area (Å²) in [4.78, 5) is 2.40. The number of halogens is 1. The van der Waals surface area contributed by atoms with Gasteiger partial charge in [-0.15, -0.1) is 0 Å². The third kappa shape index (κ3) is 2.80. The van der Waals surface area contributed by atoms with E-state index in [9.17, 15) is 4.39 Å². The molecule has 3 rings (SSSR count). The molecule has 1 aromatic rings. The Hall–Kier alpha value is -1.09. The minimum Gasteiger partial charge on any atom is -0.371 e. The highest BCUT2D eigenvalue weighted by atomic mass is 19.1. The topological polar surface area (TPSA) is 15.3 Å². The lowest BCUT2D eigenvalue weighted by molar-refractivity contribution is 0.253. The van der Waals surface area contributed by atoms with Gasteiger partial charge in [-0.05, 0) is 54.8 Å². The third-order valence-corrected chi connectivity index (χ3v) is 5.39. The number of benzene rings is 1. The molecule has 1 aromatic carbocycles. The summed E-state index contributed by atoms with van der Waals surface area (Å²) >= 11 is 0. The van der Waals surface area contributed by atoms with E-state index in [0.717, 1.165) is 31.7 Å². The lowest BCUT2D eigenvalue weighted by Crippen LogP contribution is -2.45. The van der Waals surface area contributed by atoms with Crippen LogP contribution in [-0.2, 0) is 6.42 Å². The molecule has 1 N–H and O–H groups in total. The lowest BCUT2D eigenvalue weighted by Gasteiger charge is -2.34. The Morgan fingerprint density at radius 1 is 1.38 bits per heavy atom. The molecule has 0 saturated heterocycles. The van der Waals surface area contributed by atoms with E-state index in [0.29, 0.717) is 17.4 Å². The lowest BCUT2D eigenvalue weighted by atomic mass is 9.84. The van der Waals surface area contributed by atoms with Crippen molar-refractivity contribution in [3.8, 4) is 0 Å². The Morgan fingerprint density at radius 3 is 2.95 bits per heavy atom. The Kier molecular flexibility index (Phi) is 3.96. The van der Waals surface area contributed by atoms with Gasteiger partial charge >= 0.3 is 0 Å². The smallest absolute Gasteiger partial charge is 0.125 e. The van der Waals surface area contributed by atoms with Gasteiger partial charge in [0.1, 0.15) is 5.82 Å². The van der Waals surface area contributed by atoms with Gasteiger partial charge in [-0.1, -0.05) is 26.8 Å². The van der Waals surface area contributed by atoms with Gasteiger partial charge in [0.2, 0.25) is 0 Å². The van der Waals surface area contributed by atoms with Crippen molar-refractivity contribution in [1.82, 2.24) is 5.32 Å². The summed E-state index contributed by atoms with van der Waals surface area (Å²) in [5.41, 5.74) is 2.79. The van der Waals surface area contributed by atoms with Crippen LogP contribution in [0.2, 0.25) is 0 Å². The van der Waals surface area contributed by atoms with Gasteiger partial charge in [-0.2, -0.15) is 0 Å². The predicted molar refractivity (Wildman–Crippen MR) is 86.3 cm³/mol. The first-order chi connectivity index (χ1) is 10.0. The number of hydrogen-bond donors (Lipinski definition) is 1. The standard InChI is InChI=1S/C18H27FN2/c1-4-20-17-14(7-9-18(17,2)3)12-21-10-8-13-5-6-15(19)11-16(13)21/h5-6,11,14,17,20H,4,7-10,12H2,1-3H3. The van der Waals surface area contributed by atoms with E-state index in [1.807, 2.05) is 6.07 Å². The van der Waals surface area contributed by atoms with Crippen LogP contribution < -0.4 is 10.2 Å².